The summed E-state index contributed by atoms with van der Waals surface area (Å²) in [4.78, 5) is 18.1. The second kappa shape index (κ2) is 12.2. The van der Waals surface area contributed by atoms with Crippen LogP contribution in [0.4, 0.5) is 0 Å². The summed E-state index contributed by atoms with van der Waals surface area (Å²) in [5.74, 6) is 1.72. The second-order valence-corrected chi connectivity index (χ2v) is 8.52. The standard InChI is InChI=1S/C21H41N5O/c1-17(11-12-18-8-4-3-5-9-18)25-21(23-2)24-13-7-15-26-14-6-10-19(16-26)20(22)27/h17-19H,3-16H2,1-2H3,(H2,22,27)(H2,23,24,25). The minimum absolute atomic E-state index is 0.0335. The number of aliphatic imine (C=N–C) groups is 1. The zero-order chi connectivity index (χ0) is 19.5. The lowest BCUT2D eigenvalue weighted by Crippen LogP contribution is -2.44. The van der Waals surface area contributed by atoms with Crippen LogP contribution in [0, 0.1) is 11.8 Å². The molecular weight excluding hydrogens is 338 g/mol. The first-order valence-corrected chi connectivity index (χ1v) is 11.1. The van der Waals surface area contributed by atoms with Crippen LogP contribution in [0.3, 0.4) is 0 Å². The molecule has 0 bridgehead atoms. The Balaban J connectivity index is 1.57. The lowest BCUT2D eigenvalue weighted by Gasteiger charge is -2.31. The van der Waals surface area contributed by atoms with Gasteiger partial charge in [-0.25, -0.2) is 0 Å². The quantitative estimate of drug-likeness (QED) is 0.326. The van der Waals surface area contributed by atoms with Gasteiger partial charge in [-0.1, -0.05) is 32.1 Å². The molecule has 0 radical (unpaired) electrons. The zero-order valence-electron chi connectivity index (χ0n) is 17.5. The first kappa shape index (κ1) is 22.0. The monoisotopic (exact) mass is 379 g/mol. The molecule has 2 fully saturated rings. The van der Waals surface area contributed by atoms with Crippen molar-refractivity contribution in [2.24, 2.45) is 22.6 Å². The van der Waals surface area contributed by atoms with E-state index in [9.17, 15) is 4.79 Å². The molecule has 1 aliphatic carbocycles. The van der Waals surface area contributed by atoms with E-state index >= 15 is 0 Å². The number of nitrogens with zero attached hydrogens (tertiary/aromatic N) is 2. The highest BCUT2D eigenvalue weighted by Gasteiger charge is 2.23. The fourth-order valence-electron chi connectivity index (χ4n) is 4.46. The van der Waals surface area contributed by atoms with Gasteiger partial charge in [0, 0.05) is 26.2 Å². The highest BCUT2D eigenvalue weighted by molar-refractivity contribution is 5.79. The van der Waals surface area contributed by atoms with Crippen LogP contribution >= 0.6 is 0 Å². The van der Waals surface area contributed by atoms with E-state index < -0.39 is 0 Å². The first-order valence-electron chi connectivity index (χ1n) is 11.1. The molecule has 4 N–H and O–H groups in total. The van der Waals surface area contributed by atoms with Crippen LogP contribution in [0.5, 0.6) is 0 Å². The van der Waals surface area contributed by atoms with Crippen molar-refractivity contribution in [2.75, 3.05) is 33.2 Å². The van der Waals surface area contributed by atoms with E-state index in [2.05, 4.69) is 27.4 Å². The molecule has 156 valence electrons. The van der Waals surface area contributed by atoms with E-state index in [1.54, 1.807) is 0 Å². The number of guanidine groups is 1. The largest absolute Gasteiger partial charge is 0.369 e. The van der Waals surface area contributed by atoms with E-state index in [1.807, 2.05) is 7.05 Å². The Bertz CT molecular complexity index is 461. The number of likely N-dealkylation sites (tertiary alicyclic amines) is 1. The molecule has 0 aromatic rings. The maximum absolute atomic E-state index is 11.4. The van der Waals surface area contributed by atoms with Gasteiger partial charge >= 0.3 is 0 Å². The minimum Gasteiger partial charge on any atom is -0.369 e. The van der Waals surface area contributed by atoms with E-state index in [4.69, 9.17) is 5.73 Å². The first-order chi connectivity index (χ1) is 13.1. The van der Waals surface area contributed by atoms with Crippen molar-refractivity contribution in [2.45, 2.75) is 77.2 Å². The van der Waals surface area contributed by atoms with Gasteiger partial charge in [-0.05, 0) is 58.0 Å². The molecule has 2 rings (SSSR count). The molecule has 0 aromatic heterocycles. The van der Waals surface area contributed by atoms with Crippen LogP contribution in [0.25, 0.3) is 0 Å². The number of hydrogen-bond acceptors (Lipinski definition) is 3. The SMILES string of the molecule is CN=C(NCCCN1CCCC(C(N)=O)C1)NC(C)CCC1CCCCC1. The van der Waals surface area contributed by atoms with Crippen molar-refractivity contribution in [3.05, 3.63) is 0 Å². The lowest BCUT2D eigenvalue weighted by atomic mass is 9.85. The van der Waals surface area contributed by atoms with Crippen molar-refractivity contribution in [3.8, 4) is 0 Å². The predicted molar refractivity (Wildman–Crippen MR) is 113 cm³/mol. The third-order valence-corrected chi connectivity index (χ3v) is 6.19. The van der Waals surface area contributed by atoms with Crippen LogP contribution in [-0.2, 0) is 4.79 Å². The fraction of sp³-hybridized carbons (Fsp3) is 0.905. The molecule has 27 heavy (non-hydrogen) atoms. The average molecular weight is 380 g/mol. The average Bonchev–Trinajstić information content (AvgIpc) is 2.69. The Labute approximate surface area is 165 Å². The van der Waals surface area contributed by atoms with Crippen molar-refractivity contribution in [1.82, 2.24) is 15.5 Å². The van der Waals surface area contributed by atoms with Crippen LogP contribution in [-0.4, -0.2) is 56.0 Å². The number of nitrogens with two attached hydrogens (primary N) is 1. The Morgan fingerprint density at radius 3 is 2.70 bits per heavy atom. The van der Waals surface area contributed by atoms with Crippen LogP contribution in [0.1, 0.15) is 71.1 Å². The maximum Gasteiger partial charge on any atom is 0.221 e. The molecular formula is C21H41N5O. The van der Waals surface area contributed by atoms with Gasteiger partial charge in [-0.3, -0.25) is 9.79 Å². The summed E-state index contributed by atoms with van der Waals surface area (Å²) < 4.78 is 0. The number of primary amides is 1. The molecule has 6 heteroatoms. The Hall–Kier alpha value is -1.30. The molecule has 2 unspecified atom stereocenters. The molecule has 1 amide bonds. The summed E-state index contributed by atoms with van der Waals surface area (Å²) in [6.07, 6.45) is 12.7. The summed E-state index contributed by atoms with van der Waals surface area (Å²) in [6, 6.07) is 0.455. The Kier molecular flexibility index (Phi) is 9.95. The van der Waals surface area contributed by atoms with Gasteiger partial charge in [-0.15, -0.1) is 0 Å². The second-order valence-electron chi connectivity index (χ2n) is 8.52. The van der Waals surface area contributed by atoms with Gasteiger partial charge in [0.2, 0.25) is 5.91 Å². The Morgan fingerprint density at radius 2 is 2.00 bits per heavy atom. The van der Waals surface area contributed by atoms with Gasteiger partial charge in [0.1, 0.15) is 0 Å². The molecule has 2 aliphatic rings. The molecule has 0 aromatic carbocycles. The number of hydrogen-bond donors (Lipinski definition) is 3. The highest BCUT2D eigenvalue weighted by Crippen LogP contribution is 2.27. The van der Waals surface area contributed by atoms with E-state index in [0.29, 0.717) is 6.04 Å². The molecule has 6 nitrogen and oxygen atoms in total. The predicted octanol–water partition coefficient (Wildman–Crippen LogP) is 2.49. The van der Waals surface area contributed by atoms with Crippen LogP contribution < -0.4 is 16.4 Å². The van der Waals surface area contributed by atoms with Crippen LogP contribution in [0.15, 0.2) is 4.99 Å². The summed E-state index contributed by atoms with van der Waals surface area (Å²) >= 11 is 0. The molecule has 0 spiro atoms. The number of nitrogens with one attached hydrogen (secondary N) is 2. The van der Waals surface area contributed by atoms with Crippen molar-refractivity contribution in [1.29, 1.82) is 0 Å². The van der Waals surface area contributed by atoms with Gasteiger partial charge < -0.3 is 21.3 Å². The number of amides is 1. The topological polar surface area (TPSA) is 82.8 Å². The smallest absolute Gasteiger partial charge is 0.221 e. The van der Waals surface area contributed by atoms with Gasteiger partial charge in [0.05, 0.1) is 5.92 Å². The molecule has 1 aliphatic heterocycles. The van der Waals surface area contributed by atoms with Crippen molar-refractivity contribution < 1.29 is 4.79 Å². The molecule has 1 saturated carbocycles. The molecule has 1 heterocycles. The third-order valence-electron chi connectivity index (χ3n) is 6.19. The highest BCUT2D eigenvalue weighted by atomic mass is 16.1. The van der Waals surface area contributed by atoms with Gasteiger partial charge in [-0.2, -0.15) is 0 Å². The Morgan fingerprint density at radius 1 is 1.22 bits per heavy atom. The third kappa shape index (κ3) is 8.50. The van der Waals surface area contributed by atoms with Gasteiger partial charge in [0.15, 0.2) is 5.96 Å². The number of rotatable bonds is 9. The summed E-state index contributed by atoms with van der Waals surface area (Å²) in [7, 11) is 1.84. The number of piperidine rings is 1. The van der Waals surface area contributed by atoms with E-state index in [1.165, 1.54) is 44.9 Å². The zero-order valence-corrected chi connectivity index (χ0v) is 17.5. The maximum atomic E-state index is 11.4. The van der Waals surface area contributed by atoms with E-state index in [-0.39, 0.29) is 11.8 Å². The van der Waals surface area contributed by atoms with Crippen LogP contribution in [0.2, 0.25) is 0 Å². The van der Waals surface area contributed by atoms with E-state index in [0.717, 1.165) is 57.3 Å². The lowest BCUT2D eigenvalue weighted by molar-refractivity contribution is -0.123. The van der Waals surface area contributed by atoms with Crippen molar-refractivity contribution in [3.63, 3.8) is 0 Å². The number of carbonyl (C=O) groups excluding carboxylic acids is 1. The summed E-state index contributed by atoms with van der Waals surface area (Å²) in [5, 5.41) is 6.96. The molecule has 1 saturated heterocycles. The minimum atomic E-state index is -0.148. The van der Waals surface area contributed by atoms with Gasteiger partial charge in [0.25, 0.3) is 0 Å². The normalized spacial score (nSPS) is 23.8. The summed E-state index contributed by atoms with van der Waals surface area (Å²) in [6.45, 7) is 6.06. The summed E-state index contributed by atoms with van der Waals surface area (Å²) in [5.41, 5.74) is 5.46. The fourth-order valence-corrected chi connectivity index (χ4v) is 4.46. The number of carbonyl (C=O) groups is 1. The molecule has 2 atom stereocenters. The van der Waals surface area contributed by atoms with Crippen molar-refractivity contribution >= 4 is 11.9 Å².